The van der Waals surface area contributed by atoms with Crippen molar-refractivity contribution in [1.82, 2.24) is 0 Å². The predicted molar refractivity (Wildman–Crippen MR) is 115 cm³/mol. The largest absolute Gasteiger partial charge is 0.507 e. The lowest BCUT2D eigenvalue weighted by atomic mass is 10.0. The highest BCUT2D eigenvalue weighted by molar-refractivity contribution is 5.89. The smallest absolute Gasteiger partial charge is 0.327 e. The number of aryl methyl sites for hydroxylation is 2. The first-order valence-corrected chi connectivity index (χ1v) is 9.30. The molecule has 0 saturated carbocycles. The van der Waals surface area contributed by atoms with E-state index in [1.807, 2.05) is 0 Å². The molecule has 0 aliphatic carbocycles. The normalized spacial score (nSPS) is 9.82. The number of carbonyl (C=O) groups excluding carboxylic acids is 2. The summed E-state index contributed by atoms with van der Waals surface area (Å²) in [7, 11) is 0. The Balaban J connectivity index is 0.00000104. The summed E-state index contributed by atoms with van der Waals surface area (Å²) < 4.78 is 4.57. The lowest BCUT2D eigenvalue weighted by molar-refractivity contribution is -0.386. The number of aliphatic carboxylic acids is 1. The van der Waals surface area contributed by atoms with Crippen molar-refractivity contribution in [2.75, 3.05) is 0 Å². The van der Waals surface area contributed by atoms with Crippen LogP contribution in [-0.2, 0) is 32.0 Å². The summed E-state index contributed by atoms with van der Waals surface area (Å²) in [5, 5.41) is 49.7. The molecule has 13 heteroatoms. The number of ether oxygens (including phenoxy) is 1. The molecule has 0 unspecified atom stereocenters. The van der Waals surface area contributed by atoms with Crippen molar-refractivity contribution < 1.29 is 44.3 Å². The van der Waals surface area contributed by atoms with Crippen LogP contribution in [0.15, 0.2) is 36.9 Å². The molecule has 0 spiro atoms. The fourth-order valence-electron chi connectivity index (χ4n) is 2.83. The molecule has 0 amide bonds. The zero-order valence-corrected chi connectivity index (χ0v) is 18.0. The molecule has 0 atom stereocenters. The van der Waals surface area contributed by atoms with E-state index < -0.39 is 63.5 Å². The van der Waals surface area contributed by atoms with E-state index in [1.165, 1.54) is 38.1 Å². The number of nitro benzene ring substituents is 2. The van der Waals surface area contributed by atoms with Crippen molar-refractivity contribution in [2.45, 2.75) is 26.7 Å². The molecule has 0 bridgehead atoms. The second-order valence-corrected chi connectivity index (χ2v) is 6.71. The number of hydrogen-bond donors (Lipinski definition) is 3. The summed E-state index contributed by atoms with van der Waals surface area (Å²) in [6.07, 6.45) is -0.699. The van der Waals surface area contributed by atoms with Crippen LogP contribution in [0.5, 0.6) is 11.5 Å². The van der Waals surface area contributed by atoms with Gasteiger partial charge in [-0.2, -0.15) is 0 Å². The van der Waals surface area contributed by atoms with Gasteiger partial charge in [0.05, 0.1) is 33.8 Å². The zero-order valence-electron chi connectivity index (χ0n) is 18.0. The van der Waals surface area contributed by atoms with Gasteiger partial charge in [-0.05, 0) is 38.1 Å². The Kier molecular flexibility index (Phi) is 9.38. The summed E-state index contributed by atoms with van der Waals surface area (Å²) in [4.78, 5) is 54.2. The van der Waals surface area contributed by atoms with Gasteiger partial charge in [0.2, 0.25) is 0 Å². The van der Waals surface area contributed by atoms with Gasteiger partial charge in [-0.3, -0.25) is 29.8 Å². The highest BCUT2D eigenvalue weighted by Crippen LogP contribution is 2.33. The van der Waals surface area contributed by atoms with Gasteiger partial charge in [-0.1, -0.05) is 6.58 Å². The highest BCUT2D eigenvalue weighted by Gasteiger charge is 2.27. The van der Waals surface area contributed by atoms with Crippen LogP contribution in [0.4, 0.5) is 11.4 Å². The maximum absolute atomic E-state index is 12.0. The Morgan fingerprint density at radius 1 is 0.882 bits per heavy atom. The van der Waals surface area contributed by atoms with Crippen molar-refractivity contribution >= 4 is 29.3 Å². The molecule has 0 fully saturated rings. The molecule has 0 heterocycles. The Morgan fingerprint density at radius 3 is 1.47 bits per heavy atom. The summed E-state index contributed by atoms with van der Waals surface area (Å²) in [6.45, 7) is 5.79. The minimum atomic E-state index is -1.20. The van der Waals surface area contributed by atoms with Crippen molar-refractivity contribution in [2.24, 2.45) is 0 Å². The van der Waals surface area contributed by atoms with Gasteiger partial charge in [-0.25, -0.2) is 4.79 Å². The quantitative estimate of drug-likeness (QED) is 0.174. The Morgan fingerprint density at radius 2 is 1.21 bits per heavy atom. The molecule has 3 N–H and O–H groups in total. The van der Waals surface area contributed by atoms with Crippen LogP contribution < -0.4 is 0 Å². The first-order valence-electron chi connectivity index (χ1n) is 9.30. The van der Waals surface area contributed by atoms with Crippen LogP contribution in [0.25, 0.3) is 0 Å². The third-order valence-corrected chi connectivity index (χ3v) is 4.33. The summed E-state index contributed by atoms with van der Waals surface area (Å²) >= 11 is 0. The molecular formula is C21H20N2O11. The molecule has 2 aromatic rings. The molecule has 0 aliphatic rings. The average Bonchev–Trinajstić information content (AvgIpc) is 2.73. The summed E-state index contributed by atoms with van der Waals surface area (Å²) in [5.41, 5.74) is -1.22. The summed E-state index contributed by atoms with van der Waals surface area (Å²) in [5.74, 6) is -4.41. The van der Waals surface area contributed by atoms with Crippen LogP contribution in [0, 0.1) is 34.1 Å². The fourth-order valence-corrected chi connectivity index (χ4v) is 2.83. The lowest BCUT2D eigenvalue weighted by Crippen LogP contribution is -2.18. The van der Waals surface area contributed by atoms with Gasteiger partial charge in [-0.15, -0.1) is 0 Å². The molecule has 13 nitrogen and oxygen atoms in total. The van der Waals surface area contributed by atoms with Crippen molar-refractivity contribution in [3.63, 3.8) is 0 Å². The number of carboxylic acid groups (broad SMARTS) is 1. The Hall–Kier alpha value is -4.81. The third-order valence-electron chi connectivity index (χ3n) is 4.33. The van der Waals surface area contributed by atoms with E-state index >= 15 is 0 Å². The van der Waals surface area contributed by atoms with E-state index in [-0.39, 0.29) is 22.3 Å². The molecule has 2 rings (SSSR count). The molecule has 0 aromatic heterocycles. The molecular weight excluding hydrogens is 456 g/mol. The number of carboxylic acids is 1. The Bertz CT molecular complexity index is 1090. The maximum atomic E-state index is 12.0. The number of rotatable bonds is 7. The molecule has 0 saturated heterocycles. The van der Waals surface area contributed by atoms with E-state index in [9.17, 15) is 44.8 Å². The van der Waals surface area contributed by atoms with E-state index in [1.54, 1.807) is 0 Å². The topological polar surface area (TPSA) is 207 Å². The number of esters is 2. The lowest BCUT2D eigenvalue weighted by Gasteiger charge is -2.09. The van der Waals surface area contributed by atoms with Crippen LogP contribution in [0.2, 0.25) is 0 Å². The monoisotopic (exact) mass is 476 g/mol. The number of benzene rings is 2. The minimum absolute atomic E-state index is 0.197. The van der Waals surface area contributed by atoms with Crippen LogP contribution in [-0.4, -0.2) is 43.1 Å². The van der Waals surface area contributed by atoms with E-state index in [0.717, 1.165) is 6.08 Å². The Labute approximate surface area is 191 Å². The van der Waals surface area contributed by atoms with Gasteiger partial charge < -0.3 is 20.1 Å². The van der Waals surface area contributed by atoms with Crippen LogP contribution >= 0.6 is 0 Å². The SMILES string of the molecule is C=CC(=O)O.Cc1ccc(O)c(CC(=O)OC(=O)Cc2c(O)ccc(C)c2[N+](=O)[O-])c1[N+](=O)[O-]. The number of hydrogen-bond acceptors (Lipinski definition) is 10. The van der Waals surface area contributed by atoms with Gasteiger partial charge in [0.15, 0.2) is 0 Å². The van der Waals surface area contributed by atoms with Crippen molar-refractivity contribution in [1.29, 1.82) is 0 Å². The fraction of sp³-hybridized carbons (Fsp3) is 0.190. The number of phenolic OH excluding ortho intramolecular Hbond substituents is 2. The molecule has 0 radical (unpaired) electrons. The number of nitro groups is 2. The maximum Gasteiger partial charge on any atom is 0.327 e. The molecule has 34 heavy (non-hydrogen) atoms. The van der Waals surface area contributed by atoms with Gasteiger partial charge in [0, 0.05) is 17.2 Å². The first-order chi connectivity index (χ1) is 15.8. The second kappa shape index (κ2) is 11.7. The molecule has 2 aromatic carbocycles. The van der Waals surface area contributed by atoms with E-state index in [4.69, 9.17) is 5.11 Å². The van der Waals surface area contributed by atoms with Gasteiger partial charge in [0.1, 0.15) is 11.5 Å². The number of phenols is 2. The van der Waals surface area contributed by atoms with Gasteiger partial charge >= 0.3 is 17.9 Å². The number of carbonyl (C=O) groups is 3. The molecule has 0 aliphatic heterocycles. The van der Waals surface area contributed by atoms with Crippen LogP contribution in [0.3, 0.4) is 0 Å². The standard InChI is InChI=1S/C18H16N2O9.C3H4O2/c1-9-3-5-13(21)11(17(9)19(25)26)7-15(23)29-16(24)8-12-14(22)6-4-10(2)18(12)20(27)28;1-2-3(4)5/h3-6,21-22H,7-8H2,1-2H3;2H,1H2,(H,4,5). The highest BCUT2D eigenvalue weighted by atomic mass is 16.6. The predicted octanol–water partition coefficient (Wildman–Crippen LogP) is 2.64. The zero-order chi connectivity index (χ0) is 26.2. The summed E-state index contributed by atoms with van der Waals surface area (Å²) in [6, 6.07) is 4.93. The van der Waals surface area contributed by atoms with Gasteiger partial charge in [0.25, 0.3) is 11.4 Å². The number of aromatic hydroxyl groups is 2. The average molecular weight is 476 g/mol. The van der Waals surface area contributed by atoms with Crippen molar-refractivity contribution in [3.05, 3.63) is 79.4 Å². The molecule has 180 valence electrons. The second-order valence-electron chi connectivity index (χ2n) is 6.71. The number of nitrogens with zero attached hydrogens (tertiary/aromatic N) is 2. The minimum Gasteiger partial charge on any atom is -0.507 e. The van der Waals surface area contributed by atoms with Crippen LogP contribution in [0.1, 0.15) is 22.3 Å². The van der Waals surface area contributed by atoms with E-state index in [0.29, 0.717) is 0 Å². The van der Waals surface area contributed by atoms with Crippen molar-refractivity contribution in [3.8, 4) is 11.5 Å². The first kappa shape index (κ1) is 27.2. The third kappa shape index (κ3) is 7.12. The van der Waals surface area contributed by atoms with E-state index in [2.05, 4.69) is 11.3 Å².